The second-order valence-corrected chi connectivity index (χ2v) is 11.3. The normalized spacial score (nSPS) is 19.2. The number of imide groups is 1. The molecule has 2 rings (SSSR count). The highest BCUT2D eigenvalue weighted by molar-refractivity contribution is 6.14. The van der Waals surface area contributed by atoms with Gasteiger partial charge < -0.3 is 19.1 Å². The number of carboxylic acids is 1. The maximum absolute atomic E-state index is 12.6. The fourth-order valence-electron chi connectivity index (χ4n) is 3.90. The predicted molar refractivity (Wildman–Crippen MR) is 133 cm³/mol. The largest absolute Gasteiger partial charge is 0.478 e. The molecule has 0 atom stereocenters. The molecule has 1 fully saturated rings. The molecule has 0 aliphatic heterocycles. The number of carboxylic acid groups (broad SMARTS) is 1. The highest BCUT2D eigenvalue weighted by atomic mass is 16.6. The molecule has 1 aliphatic rings. The molecule has 1 N–H and O–H groups in total. The molecule has 1 aromatic heterocycles. The van der Waals surface area contributed by atoms with Crippen molar-refractivity contribution in [1.29, 1.82) is 0 Å². The van der Waals surface area contributed by atoms with Crippen molar-refractivity contribution in [2.45, 2.75) is 104 Å². The molecule has 1 aromatic rings. The molecule has 1 aliphatic carbocycles. The van der Waals surface area contributed by atoms with E-state index in [0.717, 1.165) is 36.5 Å². The van der Waals surface area contributed by atoms with Gasteiger partial charge in [0.25, 0.3) is 0 Å². The summed E-state index contributed by atoms with van der Waals surface area (Å²) in [6, 6.07) is 0.346. The number of allylic oxidation sites excluding steroid dienone is 1. The molecule has 196 valence electrons. The van der Waals surface area contributed by atoms with Crippen LogP contribution < -0.4 is 0 Å². The molecule has 0 spiro atoms. The quantitative estimate of drug-likeness (QED) is 0.365. The van der Waals surface area contributed by atoms with Crippen molar-refractivity contribution in [1.82, 2.24) is 14.5 Å². The van der Waals surface area contributed by atoms with Gasteiger partial charge in [-0.3, -0.25) is 0 Å². The smallest absolute Gasteiger partial charge is 0.419 e. The van der Waals surface area contributed by atoms with Gasteiger partial charge in [-0.05, 0) is 86.0 Å². The van der Waals surface area contributed by atoms with Crippen LogP contribution in [0.4, 0.5) is 9.59 Å². The fourth-order valence-corrected chi connectivity index (χ4v) is 3.90. The van der Waals surface area contributed by atoms with E-state index in [1.165, 1.54) is 0 Å². The van der Waals surface area contributed by atoms with E-state index >= 15 is 0 Å². The third-order valence-corrected chi connectivity index (χ3v) is 5.68. The van der Waals surface area contributed by atoms with E-state index in [1.54, 1.807) is 60.1 Å². The highest BCUT2D eigenvalue weighted by Crippen LogP contribution is 2.32. The van der Waals surface area contributed by atoms with Crippen molar-refractivity contribution in [3.05, 3.63) is 24.3 Å². The van der Waals surface area contributed by atoms with E-state index in [-0.39, 0.29) is 12.1 Å². The molecule has 0 unspecified atom stereocenters. The van der Waals surface area contributed by atoms with Gasteiger partial charge in [0.15, 0.2) is 0 Å². The summed E-state index contributed by atoms with van der Waals surface area (Å²) in [4.78, 5) is 42.4. The first kappa shape index (κ1) is 28.4. The van der Waals surface area contributed by atoms with E-state index in [1.807, 2.05) is 4.57 Å². The SMILES string of the molecule is CC(C)(C)OC(=O)N(CCCC=C(C(=O)O)c1cn([C@H]2CC[C@H](C)CC2)cn1)C(=O)OC(C)(C)C. The lowest BCUT2D eigenvalue weighted by molar-refractivity contribution is -0.130. The summed E-state index contributed by atoms with van der Waals surface area (Å²) in [7, 11) is 0. The Balaban J connectivity index is 2.07. The maximum atomic E-state index is 12.6. The van der Waals surface area contributed by atoms with Crippen LogP contribution in [0.2, 0.25) is 0 Å². The number of unbranched alkanes of at least 4 members (excludes halogenated alkanes) is 1. The lowest BCUT2D eigenvalue weighted by Gasteiger charge is -2.28. The van der Waals surface area contributed by atoms with Crippen molar-refractivity contribution >= 4 is 23.7 Å². The Morgan fingerprint density at radius 3 is 2.09 bits per heavy atom. The molecular weight excluding hydrogens is 450 g/mol. The lowest BCUT2D eigenvalue weighted by atomic mass is 9.87. The van der Waals surface area contributed by atoms with Crippen LogP contribution in [0.3, 0.4) is 0 Å². The number of ether oxygens (including phenoxy) is 2. The van der Waals surface area contributed by atoms with Gasteiger partial charge in [-0.25, -0.2) is 24.3 Å². The second-order valence-electron chi connectivity index (χ2n) is 11.3. The molecular formula is C26H41N3O6. The Morgan fingerprint density at radius 1 is 1.06 bits per heavy atom. The minimum absolute atomic E-state index is 0.0297. The van der Waals surface area contributed by atoms with Crippen LogP contribution in [-0.4, -0.2) is 55.5 Å². The Labute approximate surface area is 208 Å². The third-order valence-electron chi connectivity index (χ3n) is 5.68. The van der Waals surface area contributed by atoms with E-state index in [2.05, 4.69) is 11.9 Å². The highest BCUT2D eigenvalue weighted by Gasteiger charge is 2.30. The summed E-state index contributed by atoms with van der Waals surface area (Å²) in [5.74, 6) is -0.340. The van der Waals surface area contributed by atoms with Gasteiger partial charge in [-0.15, -0.1) is 0 Å². The van der Waals surface area contributed by atoms with Crippen LogP contribution in [0.15, 0.2) is 18.6 Å². The monoisotopic (exact) mass is 491 g/mol. The first-order valence-corrected chi connectivity index (χ1v) is 12.4. The van der Waals surface area contributed by atoms with E-state index in [9.17, 15) is 19.5 Å². The van der Waals surface area contributed by atoms with E-state index in [4.69, 9.17) is 9.47 Å². The number of carbonyl (C=O) groups is 3. The fraction of sp³-hybridized carbons (Fsp3) is 0.692. The second kappa shape index (κ2) is 11.7. The van der Waals surface area contributed by atoms with Crippen molar-refractivity contribution in [2.24, 2.45) is 5.92 Å². The van der Waals surface area contributed by atoms with Crippen LogP contribution in [0.5, 0.6) is 0 Å². The number of carbonyl (C=O) groups excluding carboxylic acids is 2. The molecule has 9 nitrogen and oxygen atoms in total. The van der Waals surface area contributed by atoms with Gasteiger partial charge in [0, 0.05) is 18.8 Å². The standard InChI is InChI=1S/C26H41N3O6/c1-18-11-13-19(14-12-18)28-16-21(27-17-28)20(22(30)31)10-8-9-15-29(23(32)34-25(2,3)4)24(33)35-26(5,6)7/h10,16-19H,8-9,11-15H2,1-7H3,(H,30,31)/t18-,19-. The Kier molecular flexibility index (Phi) is 9.52. The van der Waals surface area contributed by atoms with Gasteiger partial charge >= 0.3 is 18.2 Å². The number of rotatable bonds is 7. The molecule has 0 bridgehead atoms. The minimum Gasteiger partial charge on any atom is -0.478 e. The molecule has 1 heterocycles. The third kappa shape index (κ3) is 9.38. The van der Waals surface area contributed by atoms with Crippen LogP contribution in [0, 0.1) is 5.92 Å². The van der Waals surface area contributed by atoms with Crippen molar-refractivity contribution in [3.63, 3.8) is 0 Å². The Bertz CT molecular complexity index is 886. The van der Waals surface area contributed by atoms with E-state index in [0.29, 0.717) is 24.6 Å². The Hall–Kier alpha value is -2.84. The van der Waals surface area contributed by atoms with Gasteiger partial charge in [0.05, 0.1) is 17.6 Å². The average molecular weight is 492 g/mol. The molecule has 35 heavy (non-hydrogen) atoms. The molecule has 0 aromatic carbocycles. The van der Waals surface area contributed by atoms with Crippen LogP contribution in [0.1, 0.15) is 98.7 Å². The van der Waals surface area contributed by atoms with Gasteiger partial charge in [0.2, 0.25) is 0 Å². The maximum Gasteiger partial charge on any atom is 0.419 e. The van der Waals surface area contributed by atoms with E-state index < -0.39 is 29.4 Å². The number of amides is 2. The Morgan fingerprint density at radius 2 is 1.60 bits per heavy atom. The van der Waals surface area contributed by atoms with Gasteiger partial charge in [0.1, 0.15) is 11.2 Å². The van der Waals surface area contributed by atoms with Crippen molar-refractivity contribution < 1.29 is 29.0 Å². The van der Waals surface area contributed by atoms with Crippen LogP contribution >= 0.6 is 0 Å². The number of nitrogens with zero attached hydrogens (tertiary/aromatic N) is 3. The van der Waals surface area contributed by atoms with Crippen LogP contribution in [-0.2, 0) is 14.3 Å². The molecule has 9 heteroatoms. The van der Waals surface area contributed by atoms with Crippen molar-refractivity contribution in [2.75, 3.05) is 6.54 Å². The summed E-state index contributed by atoms with van der Waals surface area (Å²) in [6.45, 7) is 12.6. The topological polar surface area (TPSA) is 111 Å². The first-order chi connectivity index (χ1) is 16.2. The summed E-state index contributed by atoms with van der Waals surface area (Å²) in [6.07, 6.45) is 8.62. The zero-order valence-corrected chi connectivity index (χ0v) is 22.2. The number of hydrogen-bond acceptors (Lipinski definition) is 6. The molecule has 0 radical (unpaired) electrons. The minimum atomic E-state index is -1.07. The number of aromatic nitrogens is 2. The summed E-state index contributed by atoms with van der Waals surface area (Å²) >= 11 is 0. The first-order valence-electron chi connectivity index (χ1n) is 12.4. The number of imidazole rings is 1. The van der Waals surface area contributed by atoms with Gasteiger partial charge in [-0.1, -0.05) is 13.0 Å². The van der Waals surface area contributed by atoms with Crippen LogP contribution in [0.25, 0.3) is 5.57 Å². The number of hydrogen-bond donors (Lipinski definition) is 1. The summed E-state index contributed by atoms with van der Waals surface area (Å²) < 4.78 is 12.7. The predicted octanol–water partition coefficient (Wildman–Crippen LogP) is 6.05. The molecule has 2 amide bonds. The van der Waals surface area contributed by atoms with Gasteiger partial charge in [-0.2, -0.15) is 0 Å². The molecule has 1 saturated carbocycles. The average Bonchev–Trinajstić information content (AvgIpc) is 3.17. The molecule has 0 saturated heterocycles. The lowest BCUT2D eigenvalue weighted by Crippen LogP contribution is -2.44. The zero-order valence-electron chi connectivity index (χ0n) is 22.2. The summed E-state index contributed by atoms with van der Waals surface area (Å²) in [5.41, 5.74) is -1.03. The number of aliphatic carboxylic acids is 1. The van der Waals surface area contributed by atoms with Crippen molar-refractivity contribution in [3.8, 4) is 0 Å². The summed E-state index contributed by atoms with van der Waals surface area (Å²) in [5, 5.41) is 9.74. The zero-order chi connectivity index (χ0) is 26.4.